The van der Waals surface area contributed by atoms with Crippen LogP contribution >= 0.6 is 0 Å². The van der Waals surface area contributed by atoms with Crippen LogP contribution in [0.3, 0.4) is 0 Å². The van der Waals surface area contributed by atoms with E-state index in [0.717, 1.165) is 19.4 Å². The Hall–Kier alpha value is -2.29. The second-order valence-electron chi connectivity index (χ2n) is 4.80. The highest BCUT2D eigenvalue weighted by atomic mass is 16.3. The number of hydrogen-bond donors (Lipinski definition) is 2. The van der Waals surface area contributed by atoms with Gasteiger partial charge in [-0.2, -0.15) is 24.7 Å². The quantitative estimate of drug-likeness (QED) is 0.783. The molecule has 9 heteroatoms. The molecule has 2 N–H and O–H groups in total. The van der Waals surface area contributed by atoms with Gasteiger partial charge in [-0.15, -0.1) is 0 Å². The van der Waals surface area contributed by atoms with Crippen LogP contribution in [0.5, 0.6) is 0 Å². The van der Waals surface area contributed by atoms with E-state index in [4.69, 9.17) is 0 Å². The van der Waals surface area contributed by atoms with Gasteiger partial charge in [-0.3, -0.25) is 0 Å². The van der Waals surface area contributed by atoms with Gasteiger partial charge in [-0.25, -0.2) is 4.98 Å². The van der Waals surface area contributed by atoms with Gasteiger partial charge in [0, 0.05) is 13.1 Å². The van der Waals surface area contributed by atoms with Crippen LogP contribution in [0.15, 0.2) is 12.7 Å². The zero-order valence-electron chi connectivity index (χ0n) is 11.8. The van der Waals surface area contributed by atoms with Crippen molar-refractivity contribution in [2.24, 2.45) is 0 Å². The molecule has 3 heterocycles. The summed E-state index contributed by atoms with van der Waals surface area (Å²) < 4.78 is 1.50. The summed E-state index contributed by atoms with van der Waals surface area (Å²) in [5.74, 6) is 1.47. The Morgan fingerprint density at radius 1 is 1.33 bits per heavy atom. The molecule has 1 unspecified atom stereocenters. The maximum atomic E-state index is 9.47. The van der Waals surface area contributed by atoms with Gasteiger partial charge in [-0.05, 0) is 19.8 Å². The normalized spacial score (nSPS) is 18.2. The van der Waals surface area contributed by atoms with Crippen molar-refractivity contribution in [3.05, 3.63) is 12.7 Å². The summed E-state index contributed by atoms with van der Waals surface area (Å²) in [4.78, 5) is 19.1. The number of aliphatic hydroxyl groups excluding tert-OH is 1. The van der Waals surface area contributed by atoms with Gasteiger partial charge in [0.05, 0.1) is 12.6 Å². The first-order chi connectivity index (χ1) is 10.3. The van der Waals surface area contributed by atoms with Crippen molar-refractivity contribution in [3.63, 3.8) is 0 Å². The van der Waals surface area contributed by atoms with Crippen LogP contribution in [0.25, 0.3) is 5.95 Å². The zero-order chi connectivity index (χ0) is 14.7. The maximum absolute atomic E-state index is 9.47. The van der Waals surface area contributed by atoms with E-state index in [1.807, 2.05) is 11.8 Å². The van der Waals surface area contributed by atoms with Gasteiger partial charge in [0.2, 0.25) is 11.9 Å². The summed E-state index contributed by atoms with van der Waals surface area (Å²) in [5.41, 5.74) is 0. The van der Waals surface area contributed by atoms with E-state index in [1.165, 1.54) is 11.0 Å². The number of rotatable bonds is 5. The Bertz CT molecular complexity index is 587. The average molecular weight is 290 g/mol. The molecule has 2 aromatic heterocycles. The topological polar surface area (TPSA) is 105 Å². The van der Waals surface area contributed by atoms with Crippen molar-refractivity contribution in [1.82, 2.24) is 29.7 Å². The smallest absolute Gasteiger partial charge is 0.258 e. The molecule has 21 heavy (non-hydrogen) atoms. The fraction of sp³-hybridized carbons (Fsp3) is 0.583. The molecule has 1 fully saturated rings. The third-order valence-corrected chi connectivity index (χ3v) is 3.42. The highest BCUT2D eigenvalue weighted by Gasteiger charge is 2.27. The standard InChI is InChI=1S/C12H18N8O/c1-2-14-10-16-11(19-5-3-4-9(19)6-21)18-12(17-10)20-8-13-7-15-20/h7-9,21H,2-6H2,1H3,(H,14,16,17,18). The predicted octanol–water partition coefficient (Wildman–Crippen LogP) is -0.155. The molecule has 0 saturated carbocycles. The molecule has 0 amide bonds. The third-order valence-electron chi connectivity index (χ3n) is 3.42. The van der Waals surface area contributed by atoms with Crippen LogP contribution in [0.4, 0.5) is 11.9 Å². The lowest BCUT2D eigenvalue weighted by molar-refractivity contribution is 0.265. The van der Waals surface area contributed by atoms with Gasteiger partial charge in [0.1, 0.15) is 12.7 Å². The molecule has 1 aliphatic heterocycles. The molecular formula is C12H18N8O. The fourth-order valence-corrected chi connectivity index (χ4v) is 2.42. The molecule has 0 radical (unpaired) electrons. The minimum atomic E-state index is 0.0606. The van der Waals surface area contributed by atoms with E-state index in [-0.39, 0.29) is 12.6 Å². The summed E-state index contributed by atoms with van der Waals surface area (Å²) in [7, 11) is 0. The van der Waals surface area contributed by atoms with E-state index < -0.39 is 0 Å². The highest BCUT2D eigenvalue weighted by Crippen LogP contribution is 2.23. The molecule has 0 aliphatic carbocycles. The molecule has 3 rings (SSSR count). The number of anilines is 2. The maximum Gasteiger partial charge on any atom is 0.258 e. The first-order valence-corrected chi connectivity index (χ1v) is 7.04. The summed E-state index contributed by atoms with van der Waals surface area (Å²) in [6.07, 6.45) is 4.94. The molecule has 0 bridgehead atoms. The molecule has 2 aromatic rings. The molecular weight excluding hydrogens is 272 g/mol. The Balaban J connectivity index is 1.99. The van der Waals surface area contributed by atoms with Gasteiger partial charge < -0.3 is 15.3 Å². The molecule has 1 saturated heterocycles. The first kappa shape index (κ1) is 13.7. The summed E-state index contributed by atoms with van der Waals surface area (Å²) in [5, 5.41) is 16.6. The number of aromatic nitrogens is 6. The Morgan fingerprint density at radius 3 is 2.90 bits per heavy atom. The van der Waals surface area contributed by atoms with E-state index in [1.54, 1.807) is 6.33 Å². The molecule has 0 spiro atoms. The number of hydrogen-bond acceptors (Lipinski definition) is 8. The lowest BCUT2D eigenvalue weighted by atomic mass is 10.2. The number of nitrogens with zero attached hydrogens (tertiary/aromatic N) is 7. The third kappa shape index (κ3) is 2.77. The molecule has 9 nitrogen and oxygen atoms in total. The average Bonchev–Trinajstić information content (AvgIpc) is 3.18. The number of nitrogens with one attached hydrogen (secondary N) is 1. The van der Waals surface area contributed by atoms with E-state index in [9.17, 15) is 5.11 Å². The van der Waals surface area contributed by atoms with Gasteiger partial charge >= 0.3 is 0 Å². The largest absolute Gasteiger partial charge is 0.394 e. The van der Waals surface area contributed by atoms with Crippen molar-refractivity contribution in [2.45, 2.75) is 25.8 Å². The van der Waals surface area contributed by atoms with E-state index in [2.05, 4.69) is 30.4 Å². The first-order valence-electron chi connectivity index (χ1n) is 7.04. The van der Waals surface area contributed by atoms with Crippen LogP contribution in [0.1, 0.15) is 19.8 Å². The second-order valence-corrected chi connectivity index (χ2v) is 4.80. The van der Waals surface area contributed by atoms with Crippen molar-refractivity contribution in [1.29, 1.82) is 0 Å². The highest BCUT2D eigenvalue weighted by molar-refractivity contribution is 5.41. The van der Waals surface area contributed by atoms with Crippen LogP contribution in [-0.4, -0.2) is 60.6 Å². The number of aliphatic hydroxyl groups is 1. The minimum Gasteiger partial charge on any atom is -0.394 e. The SMILES string of the molecule is CCNc1nc(N2CCCC2CO)nc(-n2cncn2)n1. The Kier molecular flexibility index (Phi) is 3.91. The van der Waals surface area contributed by atoms with E-state index in [0.29, 0.717) is 24.4 Å². The molecule has 1 atom stereocenters. The van der Waals surface area contributed by atoms with Crippen LogP contribution in [-0.2, 0) is 0 Å². The van der Waals surface area contributed by atoms with Crippen molar-refractivity contribution in [3.8, 4) is 5.95 Å². The second kappa shape index (κ2) is 6.00. The van der Waals surface area contributed by atoms with E-state index >= 15 is 0 Å². The van der Waals surface area contributed by atoms with Crippen molar-refractivity contribution in [2.75, 3.05) is 29.9 Å². The van der Waals surface area contributed by atoms with Crippen LogP contribution in [0.2, 0.25) is 0 Å². The van der Waals surface area contributed by atoms with Gasteiger partial charge in [0.25, 0.3) is 5.95 Å². The molecule has 0 aromatic carbocycles. The fourth-order valence-electron chi connectivity index (χ4n) is 2.42. The van der Waals surface area contributed by atoms with Crippen LogP contribution in [0, 0.1) is 0 Å². The van der Waals surface area contributed by atoms with Gasteiger partial charge in [-0.1, -0.05) is 0 Å². The zero-order valence-corrected chi connectivity index (χ0v) is 11.8. The lowest BCUT2D eigenvalue weighted by Gasteiger charge is -2.23. The minimum absolute atomic E-state index is 0.0606. The van der Waals surface area contributed by atoms with Crippen molar-refractivity contribution < 1.29 is 5.11 Å². The summed E-state index contributed by atoms with van der Waals surface area (Å²) in [6.45, 7) is 3.62. The monoisotopic (exact) mass is 290 g/mol. The van der Waals surface area contributed by atoms with Crippen LogP contribution < -0.4 is 10.2 Å². The molecule has 112 valence electrons. The molecule has 1 aliphatic rings. The van der Waals surface area contributed by atoms with Crippen molar-refractivity contribution >= 4 is 11.9 Å². The van der Waals surface area contributed by atoms with Gasteiger partial charge in [0.15, 0.2) is 0 Å². The summed E-state index contributed by atoms with van der Waals surface area (Å²) >= 11 is 0. The Labute approximate surface area is 122 Å². The Morgan fingerprint density at radius 2 is 2.19 bits per heavy atom. The lowest BCUT2D eigenvalue weighted by Crippen LogP contribution is -2.34. The summed E-state index contributed by atoms with van der Waals surface area (Å²) in [6, 6.07) is 0.0606. The predicted molar refractivity (Wildman–Crippen MR) is 76.4 cm³/mol.